The molecule has 0 radical (unpaired) electrons. The molecule has 2 unspecified atom stereocenters. The van der Waals surface area contributed by atoms with Crippen molar-refractivity contribution in [3.05, 3.63) is 99.3 Å². The molecule has 0 saturated heterocycles. The van der Waals surface area contributed by atoms with Crippen LogP contribution in [0.5, 0.6) is 0 Å². The minimum absolute atomic E-state index is 0.0271. The van der Waals surface area contributed by atoms with E-state index in [1.807, 2.05) is 19.1 Å². The number of aliphatic imine (C=N–C) groups is 1. The molecular formula is C26H23ClFN5O3S. The number of allylic oxidation sites excluding steroid dienone is 3. The Bertz CT molecular complexity index is 1660. The Hall–Kier alpha value is -3.60. The Morgan fingerprint density at radius 3 is 2.86 bits per heavy atom. The van der Waals surface area contributed by atoms with Crippen molar-refractivity contribution in [1.29, 1.82) is 0 Å². The minimum Gasteiger partial charge on any atom is -0.360 e. The molecule has 0 spiro atoms. The number of hydrogen-bond donors (Lipinski definition) is 3. The predicted molar refractivity (Wildman–Crippen MR) is 141 cm³/mol. The molecule has 3 heterocycles. The number of hydrogen-bond acceptors (Lipinski definition) is 5. The summed E-state index contributed by atoms with van der Waals surface area (Å²) in [6.07, 6.45) is 10.3. The number of nitrogens with zero attached hydrogens (tertiary/aromatic N) is 2. The van der Waals surface area contributed by atoms with E-state index in [9.17, 15) is 17.6 Å². The van der Waals surface area contributed by atoms with E-state index < -0.39 is 33.0 Å². The molecule has 2 aliphatic rings. The molecule has 8 nitrogen and oxygen atoms in total. The fourth-order valence-corrected chi connectivity index (χ4v) is 5.74. The highest BCUT2D eigenvalue weighted by Crippen LogP contribution is 2.30. The smallest absolute Gasteiger partial charge is 0.251 e. The number of aromatic amines is 1. The van der Waals surface area contributed by atoms with Crippen molar-refractivity contribution >= 4 is 44.6 Å². The summed E-state index contributed by atoms with van der Waals surface area (Å²) >= 11 is 6.06. The molecule has 0 fully saturated rings. The second kappa shape index (κ2) is 9.70. The van der Waals surface area contributed by atoms with Crippen LogP contribution < -0.4 is 10.5 Å². The van der Waals surface area contributed by atoms with Gasteiger partial charge in [-0.15, -0.1) is 0 Å². The molecule has 11 heteroatoms. The Morgan fingerprint density at radius 2 is 2.08 bits per heavy atom. The van der Waals surface area contributed by atoms with Crippen LogP contribution in [-0.2, 0) is 23.0 Å². The molecule has 1 aromatic carbocycles. The normalized spacial score (nSPS) is 19.2. The highest BCUT2D eigenvalue weighted by molar-refractivity contribution is 7.90. The van der Waals surface area contributed by atoms with Crippen LogP contribution in [0.1, 0.15) is 28.5 Å². The van der Waals surface area contributed by atoms with Crippen LogP contribution in [0.4, 0.5) is 4.39 Å². The van der Waals surface area contributed by atoms with Gasteiger partial charge in [-0.2, -0.15) is 0 Å². The maximum atomic E-state index is 14.9. The zero-order valence-corrected chi connectivity index (χ0v) is 21.3. The molecule has 1 amide bonds. The van der Waals surface area contributed by atoms with Crippen LogP contribution in [0.2, 0.25) is 5.02 Å². The summed E-state index contributed by atoms with van der Waals surface area (Å²) in [4.78, 5) is 24.4. The molecule has 5 rings (SSSR count). The maximum Gasteiger partial charge on any atom is 0.251 e. The summed E-state index contributed by atoms with van der Waals surface area (Å²) in [5.74, 6) is -0.891. The second-order valence-corrected chi connectivity index (χ2v) is 11.2. The molecule has 2 atom stereocenters. The number of carbonyl (C=O) groups is 1. The number of nitrogens with one attached hydrogen (secondary N) is 2. The molecular weight excluding hydrogens is 517 g/mol. The van der Waals surface area contributed by atoms with Crippen molar-refractivity contribution in [1.82, 2.24) is 15.3 Å². The van der Waals surface area contributed by atoms with Gasteiger partial charge in [0, 0.05) is 53.9 Å². The highest BCUT2D eigenvalue weighted by atomic mass is 35.5. The number of fused-ring (bicyclic) bond motifs is 2. The number of halogens is 2. The van der Waals surface area contributed by atoms with Crippen molar-refractivity contribution in [2.75, 3.05) is 0 Å². The number of dihydropyridines is 1. The summed E-state index contributed by atoms with van der Waals surface area (Å²) < 4.78 is 39.4. The van der Waals surface area contributed by atoms with E-state index in [0.29, 0.717) is 27.9 Å². The first-order valence-corrected chi connectivity index (χ1v) is 13.4. The van der Waals surface area contributed by atoms with E-state index in [1.165, 1.54) is 12.4 Å². The largest absolute Gasteiger partial charge is 0.360 e. The predicted octanol–water partition coefficient (Wildman–Crippen LogP) is 3.75. The van der Waals surface area contributed by atoms with Crippen molar-refractivity contribution in [3.63, 3.8) is 0 Å². The first kappa shape index (κ1) is 25.1. The zero-order chi connectivity index (χ0) is 26.3. The number of amides is 1. The lowest BCUT2D eigenvalue weighted by Crippen LogP contribution is -2.40. The summed E-state index contributed by atoms with van der Waals surface area (Å²) in [6, 6.07) is 5.88. The van der Waals surface area contributed by atoms with Gasteiger partial charge in [-0.25, -0.2) is 17.9 Å². The summed E-state index contributed by atoms with van der Waals surface area (Å²) in [6.45, 7) is 1.85. The first-order chi connectivity index (χ1) is 17.6. The summed E-state index contributed by atoms with van der Waals surface area (Å²) in [5, 5.41) is 7.79. The third-order valence-corrected chi connectivity index (χ3v) is 7.76. The van der Waals surface area contributed by atoms with E-state index in [1.54, 1.807) is 36.6 Å². The van der Waals surface area contributed by atoms with Crippen LogP contribution in [-0.4, -0.2) is 41.8 Å². The number of carbonyl (C=O) groups excluding carboxylic acids is 1. The molecule has 1 aliphatic heterocycles. The number of pyridine rings is 1. The molecule has 37 heavy (non-hydrogen) atoms. The molecule has 4 N–H and O–H groups in total. The Balaban J connectivity index is 1.33. The Labute approximate surface area is 217 Å². The van der Waals surface area contributed by atoms with E-state index >= 15 is 0 Å². The van der Waals surface area contributed by atoms with Crippen LogP contribution >= 0.6 is 11.6 Å². The van der Waals surface area contributed by atoms with Gasteiger partial charge in [-0.1, -0.05) is 35.9 Å². The summed E-state index contributed by atoms with van der Waals surface area (Å²) in [7, 11) is -3.90. The molecule has 0 bridgehead atoms. The van der Waals surface area contributed by atoms with E-state index in [-0.39, 0.29) is 23.4 Å². The number of primary sulfonamides is 1. The topological polar surface area (TPSA) is 130 Å². The minimum atomic E-state index is -3.90. The van der Waals surface area contributed by atoms with Gasteiger partial charge in [-0.05, 0) is 41.8 Å². The zero-order valence-electron chi connectivity index (χ0n) is 19.7. The van der Waals surface area contributed by atoms with Gasteiger partial charge in [0.25, 0.3) is 5.91 Å². The number of nitrogens with two attached hydrogens (primary N) is 1. The van der Waals surface area contributed by atoms with Crippen LogP contribution in [0.15, 0.2) is 76.6 Å². The monoisotopic (exact) mass is 539 g/mol. The highest BCUT2D eigenvalue weighted by Gasteiger charge is 2.35. The van der Waals surface area contributed by atoms with Crippen LogP contribution in [0.3, 0.4) is 0 Å². The molecule has 3 aromatic rings. The van der Waals surface area contributed by atoms with Gasteiger partial charge in [0.2, 0.25) is 10.0 Å². The SMILES string of the molecule is CC1=CC2=CC(Cc3cc(C(=O)NCc4ccc5[nH]cc(Cl)c5c4F)ccn3)=CC(S(N)(=O)=O)C2N=C1. The quantitative estimate of drug-likeness (QED) is 0.440. The number of rotatable bonds is 6. The number of sulfonamides is 1. The van der Waals surface area contributed by atoms with E-state index in [4.69, 9.17) is 16.7 Å². The van der Waals surface area contributed by atoms with Gasteiger partial charge in [0.1, 0.15) is 11.1 Å². The standard InChI is InChI=1S/C26H23ClFN5O3S/c1-14-6-18-7-15(9-22(37(29,35)36)25(18)32-11-14)8-19-10-16(4-5-30-19)26(34)33-12-17-2-3-21-23(24(17)28)20(27)13-31-21/h2-7,9-11,13,22,25,31H,8,12H2,1H3,(H,33,34)(H2,29,35,36). The lowest BCUT2D eigenvalue weighted by molar-refractivity contribution is 0.0950. The van der Waals surface area contributed by atoms with E-state index in [2.05, 4.69) is 20.3 Å². The van der Waals surface area contributed by atoms with Gasteiger partial charge >= 0.3 is 0 Å². The van der Waals surface area contributed by atoms with Gasteiger partial charge in [0.15, 0.2) is 0 Å². The Kier molecular flexibility index (Phi) is 6.57. The van der Waals surface area contributed by atoms with Crippen molar-refractivity contribution < 1.29 is 17.6 Å². The van der Waals surface area contributed by atoms with Crippen LogP contribution in [0.25, 0.3) is 10.9 Å². The summed E-state index contributed by atoms with van der Waals surface area (Å²) in [5.41, 5.74) is 4.15. The van der Waals surface area contributed by atoms with Crippen molar-refractivity contribution in [2.24, 2.45) is 10.1 Å². The third kappa shape index (κ3) is 5.13. The number of aromatic nitrogens is 2. The number of benzene rings is 1. The molecule has 0 saturated carbocycles. The lowest BCUT2D eigenvalue weighted by Gasteiger charge is -2.28. The number of H-pyrrole nitrogens is 1. The third-order valence-electron chi connectivity index (χ3n) is 6.31. The fourth-order valence-electron chi connectivity index (χ4n) is 4.55. The molecule has 190 valence electrons. The average molecular weight is 540 g/mol. The lowest BCUT2D eigenvalue weighted by atomic mass is 9.89. The van der Waals surface area contributed by atoms with Crippen LogP contribution in [0, 0.1) is 5.82 Å². The van der Waals surface area contributed by atoms with Gasteiger partial charge < -0.3 is 10.3 Å². The van der Waals surface area contributed by atoms with Crippen molar-refractivity contribution in [3.8, 4) is 0 Å². The Morgan fingerprint density at radius 1 is 1.27 bits per heavy atom. The maximum absolute atomic E-state index is 14.9. The molecule has 2 aromatic heterocycles. The average Bonchev–Trinajstić information content (AvgIpc) is 3.23. The fraction of sp³-hybridized carbons (Fsp3) is 0.192. The van der Waals surface area contributed by atoms with Crippen molar-refractivity contribution in [2.45, 2.75) is 31.2 Å². The van der Waals surface area contributed by atoms with E-state index in [0.717, 1.165) is 11.1 Å². The van der Waals surface area contributed by atoms with Gasteiger partial charge in [-0.3, -0.25) is 14.8 Å². The van der Waals surface area contributed by atoms with Gasteiger partial charge in [0.05, 0.1) is 16.5 Å². The first-order valence-electron chi connectivity index (χ1n) is 11.4. The second-order valence-electron chi connectivity index (χ2n) is 9.04. The molecule has 1 aliphatic carbocycles.